The van der Waals surface area contributed by atoms with Gasteiger partial charge in [-0.25, -0.2) is 13.8 Å². The molecule has 0 unspecified atom stereocenters. The molecule has 3 rings (SSSR count). The minimum atomic E-state index is -1.01. The zero-order chi connectivity index (χ0) is 21.7. The molecule has 0 spiro atoms. The number of benzene rings is 1. The highest BCUT2D eigenvalue weighted by molar-refractivity contribution is 5.97. The summed E-state index contributed by atoms with van der Waals surface area (Å²) < 4.78 is 38.5. The van der Waals surface area contributed by atoms with E-state index in [1.54, 1.807) is 7.11 Å². The Morgan fingerprint density at radius 1 is 1.27 bits per heavy atom. The van der Waals surface area contributed by atoms with Crippen LogP contribution in [0.4, 0.5) is 8.78 Å². The molecule has 0 bridgehead atoms. The summed E-state index contributed by atoms with van der Waals surface area (Å²) in [6.45, 7) is 6.41. The number of ether oxygens (including phenoxy) is 2. The van der Waals surface area contributed by atoms with Gasteiger partial charge in [-0.05, 0) is 39.3 Å². The number of nitrogens with zero attached hydrogens (tertiary/aromatic N) is 2. The van der Waals surface area contributed by atoms with Gasteiger partial charge in [-0.2, -0.15) is 0 Å². The number of methoxy groups -OCH3 is 1. The molecule has 30 heavy (non-hydrogen) atoms. The van der Waals surface area contributed by atoms with Crippen molar-refractivity contribution in [3.8, 4) is 5.75 Å². The average molecular weight is 421 g/mol. The van der Waals surface area contributed by atoms with Crippen LogP contribution in [0.25, 0.3) is 10.9 Å². The molecule has 1 saturated heterocycles. The first-order valence-electron chi connectivity index (χ1n) is 10.4. The number of hydrogen-bond acceptors (Lipinski definition) is 5. The van der Waals surface area contributed by atoms with Crippen molar-refractivity contribution in [3.63, 3.8) is 0 Å². The molecular weight excluding hydrogens is 392 g/mol. The van der Waals surface area contributed by atoms with Gasteiger partial charge in [0.15, 0.2) is 11.6 Å². The first-order valence-corrected chi connectivity index (χ1v) is 10.4. The molecule has 8 heteroatoms. The van der Waals surface area contributed by atoms with Crippen molar-refractivity contribution in [1.82, 2.24) is 15.2 Å². The summed E-state index contributed by atoms with van der Waals surface area (Å²) in [7, 11) is 1.59. The summed E-state index contributed by atoms with van der Waals surface area (Å²) in [5.41, 5.74) is 0.349. The van der Waals surface area contributed by atoms with Gasteiger partial charge < -0.3 is 19.7 Å². The number of nitrogens with one attached hydrogen (secondary N) is 1. The quantitative estimate of drug-likeness (QED) is 0.661. The Hall–Kier alpha value is -2.32. The van der Waals surface area contributed by atoms with Crippen molar-refractivity contribution in [2.75, 3.05) is 33.4 Å². The second-order valence-electron chi connectivity index (χ2n) is 7.79. The molecule has 0 aliphatic carbocycles. The van der Waals surface area contributed by atoms with E-state index in [0.29, 0.717) is 30.8 Å². The van der Waals surface area contributed by atoms with Crippen molar-refractivity contribution in [1.29, 1.82) is 0 Å². The second kappa shape index (κ2) is 10.1. The summed E-state index contributed by atoms with van der Waals surface area (Å²) in [5, 5.41) is 3.66. The first kappa shape index (κ1) is 22.4. The van der Waals surface area contributed by atoms with Crippen molar-refractivity contribution in [2.24, 2.45) is 0 Å². The van der Waals surface area contributed by atoms with Gasteiger partial charge in [-0.1, -0.05) is 0 Å². The third-order valence-corrected chi connectivity index (χ3v) is 5.24. The fourth-order valence-corrected chi connectivity index (χ4v) is 3.83. The molecule has 2 aromatic rings. The van der Waals surface area contributed by atoms with E-state index in [1.807, 2.05) is 18.7 Å². The number of carbonyl (C=O) groups is 1. The molecule has 2 heterocycles. The number of halogens is 2. The zero-order valence-corrected chi connectivity index (χ0v) is 17.7. The van der Waals surface area contributed by atoms with Crippen LogP contribution in [-0.2, 0) is 4.74 Å². The van der Waals surface area contributed by atoms with Crippen molar-refractivity contribution < 1.29 is 23.0 Å². The van der Waals surface area contributed by atoms with Crippen LogP contribution in [0.15, 0.2) is 18.2 Å². The summed E-state index contributed by atoms with van der Waals surface area (Å²) in [6.07, 6.45) is 2.52. The van der Waals surface area contributed by atoms with Gasteiger partial charge in [-0.15, -0.1) is 0 Å². The van der Waals surface area contributed by atoms with E-state index in [0.717, 1.165) is 38.1 Å². The Bertz CT molecular complexity index is 886. The average Bonchev–Trinajstić information content (AvgIpc) is 2.72. The van der Waals surface area contributed by atoms with Gasteiger partial charge in [0.1, 0.15) is 11.4 Å². The van der Waals surface area contributed by atoms with E-state index in [9.17, 15) is 13.6 Å². The Morgan fingerprint density at radius 2 is 2.03 bits per heavy atom. The number of piperidine rings is 1. The standard InChI is InChI=1S/C22H29F2N3O3/c1-14(2)27(15-6-4-7-25-13-15)22(28)20-12-21(30-9-5-8-29-3)16-10-17(23)18(24)11-19(16)26-20/h10-12,14-15,25H,4-9,13H2,1-3H3/t15-/m1/s1. The Labute approximate surface area is 175 Å². The molecule has 1 aromatic heterocycles. The van der Waals surface area contributed by atoms with E-state index in [4.69, 9.17) is 9.47 Å². The number of hydrogen-bond donors (Lipinski definition) is 1. The molecule has 1 N–H and O–H groups in total. The SMILES string of the molecule is COCCCOc1cc(C(=O)N(C(C)C)[C@@H]2CCCNC2)nc2cc(F)c(F)cc12. The molecule has 1 aliphatic heterocycles. The van der Waals surface area contributed by atoms with Crippen LogP contribution in [0.2, 0.25) is 0 Å². The van der Waals surface area contributed by atoms with Gasteiger partial charge in [0.25, 0.3) is 5.91 Å². The van der Waals surface area contributed by atoms with Gasteiger partial charge in [-0.3, -0.25) is 4.79 Å². The lowest BCUT2D eigenvalue weighted by Crippen LogP contribution is -2.51. The Balaban J connectivity index is 1.98. The minimum absolute atomic E-state index is 0.0316. The van der Waals surface area contributed by atoms with E-state index in [1.165, 1.54) is 6.07 Å². The summed E-state index contributed by atoms with van der Waals surface area (Å²) >= 11 is 0. The molecule has 1 fully saturated rings. The van der Waals surface area contributed by atoms with Gasteiger partial charge in [0.2, 0.25) is 0 Å². The summed E-state index contributed by atoms with van der Waals surface area (Å²) in [5.74, 6) is -1.93. The number of fused-ring (bicyclic) bond motifs is 1. The van der Waals surface area contributed by atoms with Crippen LogP contribution in [0.3, 0.4) is 0 Å². The third-order valence-electron chi connectivity index (χ3n) is 5.24. The fraction of sp³-hybridized carbons (Fsp3) is 0.545. The molecular formula is C22H29F2N3O3. The smallest absolute Gasteiger partial charge is 0.273 e. The molecule has 0 radical (unpaired) electrons. The molecule has 164 valence electrons. The number of aromatic nitrogens is 1. The Kier molecular flexibility index (Phi) is 7.55. The highest BCUT2D eigenvalue weighted by Crippen LogP contribution is 2.29. The monoisotopic (exact) mass is 421 g/mol. The van der Waals surface area contributed by atoms with Crippen LogP contribution in [-0.4, -0.2) is 61.3 Å². The van der Waals surface area contributed by atoms with Gasteiger partial charge in [0, 0.05) is 56.3 Å². The van der Waals surface area contributed by atoms with Crippen molar-refractivity contribution in [2.45, 2.75) is 45.2 Å². The lowest BCUT2D eigenvalue weighted by atomic mass is 10.0. The van der Waals surface area contributed by atoms with Crippen LogP contribution in [0.5, 0.6) is 5.75 Å². The largest absolute Gasteiger partial charge is 0.493 e. The first-order chi connectivity index (χ1) is 14.4. The number of carbonyl (C=O) groups excluding carboxylic acids is 1. The van der Waals surface area contributed by atoms with Gasteiger partial charge >= 0.3 is 0 Å². The van der Waals surface area contributed by atoms with E-state index in [-0.39, 0.29) is 29.2 Å². The summed E-state index contributed by atoms with van der Waals surface area (Å²) in [4.78, 5) is 19.6. The predicted molar refractivity (Wildman–Crippen MR) is 111 cm³/mol. The topological polar surface area (TPSA) is 63.7 Å². The number of amides is 1. The zero-order valence-electron chi connectivity index (χ0n) is 17.7. The maximum atomic E-state index is 13.9. The third kappa shape index (κ3) is 5.05. The van der Waals surface area contributed by atoms with E-state index < -0.39 is 11.6 Å². The van der Waals surface area contributed by atoms with Crippen molar-refractivity contribution >= 4 is 16.8 Å². The van der Waals surface area contributed by atoms with Crippen LogP contribution >= 0.6 is 0 Å². The van der Waals surface area contributed by atoms with Gasteiger partial charge in [0.05, 0.1) is 12.1 Å². The lowest BCUT2D eigenvalue weighted by Gasteiger charge is -2.37. The second-order valence-corrected chi connectivity index (χ2v) is 7.79. The van der Waals surface area contributed by atoms with Crippen LogP contribution in [0.1, 0.15) is 43.6 Å². The highest BCUT2D eigenvalue weighted by atomic mass is 19.2. The van der Waals surface area contributed by atoms with Crippen molar-refractivity contribution in [3.05, 3.63) is 35.5 Å². The van der Waals surface area contributed by atoms with E-state index in [2.05, 4.69) is 10.3 Å². The Morgan fingerprint density at radius 3 is 2.70 bits per heavy atom. The van der Waals surface area contributed by atoms with Crippen LogP contribution in [0, 0.1) is 11.6 Å². The lowest BCUT2D eigenvalue weighted by molar-refractivity contribution is 0.0567. The maximum absolute atomic E-state index is 13.9. The number of rotatable bonds is 8. The molecule has 1 amide bonds. The molecule has 1 aromatic carbocycles. The number of pyridine rings is 1. The predicted octanol–water partition coefficient (Wildman–Crippen LogP) is 3.53. The van der Waals surface area contributed by atoms with E-state index >= 15 is 0 Å². The molecule has 0 saturated carbocycles. The summed E-state index contributed by atoms with van der Waals surface area (Å²) in [6, 6.07) is 3.62. The van der Waals surface area contributed by atoms with Crippen LogP contribution < -0.4 is 10.1 Å². The molecule has 1 atom stereocenters. The normalized spacial score (nSPS) is 16.8. The molecule has 1 aliphatic rings. The maximum Gasteiger partial charge on any atom is 0.273 e. The minimum Gasteiger partial charge on any atom is -0.493 e. The molecule has 6 nitrogen and oxygen atoms in total. The fourth-order valence-electron chi connectivity index (χ4n) is 3.83. The highest BCUT2D eigenvalue weighted by Gasteiger charge is 2.30.